The fourth-order valence-electron chi connectivity index (χ4n) is 10.9. The zero-order valence-corrected chi connectivity index (χ0v) is 37.4. The monoisotopic (exact) mass is 870 g/mol. The first kappa shape index (κ1) is 37.5. The van der Waals surface area contributed by atoms with Gasteiger partial charge in [-0.2, -0.15) is 0 Å². The summed E-state index contributed by atoms with van der Waals surface area (Å²) in [6, 6.07) is 86.3. The SMILES string of the molecule is c1ccc(-c2cccc(-c3c(-c4ccccc4)c4cc5c(-c6ccc7c(c6)sc6ccccc67)c6ccccc6c(-c6ccc7c(c6)sc6ccccc67)c5cc4c4ccccc34)c2)cc1. The highest BCUT2D eigenvalue weighted by molar-refractivity contribution is 7.26. The molecule has 0 aliphatic carbocycles. The second-order valence-electron chi connectivity index (χ2n) is 17.5. The van der Waals surface area contributed by atoms with Crippen molar-refractivity contribution in [3.05, 3.63) is 231 Å². The minimum atomic E-state index is 1.21. The summed E-state index contributed by atoms with van der Waals surface area (Å²) in [7, 11) is 0. The molecule has 0 aliphatic rings. The summed E-state index contributed by atoms with van der Waals surface area (Å²) in [6.45, 7) is 0. The Morgan fingerprint density at radius 3 is 1.12 bits per heavy atom. The highest BCUT2D eigenvalue weighted by Gasteiger charge is 2.23. The predicted octanol–water partition coefficient (Wildman–Crippen LogP) is 19.4. The van der Waals surface area contributed by atoms with Crippen molar-refractivity contribution in [2.24, 2.45) is 0 Å². The van der Waals surface area contributed by atoms with E-state index in [0.717, 1.165) is 0 Å². The first-order valence-electron chi connectivity index (χ1n) is 22.6. The van der Waals surface area contributed by atoms with Crippen LogP contribution in [0, 0.1) is 0 Å². The van der Waals surface area contributed by atoms with E-state index in [1.54, 1.807) is 0 Å². The molecule has 0 N–H and O–H groups in total. The van der Waals surface area contributed by atoms with E-state index in [1.165, 1.54) is 139 Å². The maximum Gasteiger partial charge on any atom is 0.0361 e. The predicted molar refractivity (Wildman–Crippen MR) is 289 cm³/mol. The van der Waals surface area contributed by atoms with Crippen LogP contribution >= 0.6 is 22.7 Å². The molecule has 0 atom stereocenters. The quantitative estimate of drug-likeness (QED) is 0.119. The maximum absolute atomic E-state index is 2.56. The maximum atomic E-state index is 2.56. The molecular formula is C64H38S2. The van der Waals surface area contributed by atoms with Crippen molar-refractivity contribution < 1.29 is 0 Å². The molecule has 306 valence electrons. The number of hydrogen-bond donors (Lipinski definition) is 0. The van der Waals surface area contributed by atoms with Gasteiger partial charge in [0.15, 0.2) is 0 Å². The van der Waals surface area contributed by atoms with Crippen LogP contribution in [0.4, 0.5) is 0 Å². The Hall–Kier alpha value is -7.88. The Morgan fingerprint density at radius 1 is 0.167 bits per heavy atom. The van der Waals surface area contributed by atoms with Crippen LogP contribution in [0.1, 0.15) is 0 Å². The van der Waals surface area contributed by atoms with E-state index in [9.17, 15) is 0 Å². The standard InChI is InChI=1S/C64H38S2/c1-3-16-39(17-4-1)41-20-15-21-42(34-41)64-50-25-8-7-22-45(50)53-37-55-56(38-54(53)63(64)40-18-5-2-6-19-40)62(44-31-33-49-47-24-12-14-29-58(47)66-60(49)36-44)52-27-10-9-26-51(52)61(55)43-30-32-48-46-23-11-13-28-57(46)65-59(48)35-43/h1-38H. The van der Waals surface area contributed by atoms with Crippen LogP contribution < -0.4 is 0 Å². The third-order valence-electron chi connectivity index (χ3n) is 13.8. The lowest BCUT2D eigenvalue weighted by atomic mass is 9.80. The molecule has 2 aromatic heterocycles. The van der Waals surface area contributed by atoms with Gasteiger partial charge in [0.1, 0.15) is 0 Å². The largest absolute Gasteiger partial charge is 0.135 e. The van der Waals surface area contributed by atoms with Crippen LogP contribution in [-0.4, -0.2) is 0 Å². The van der Waals surface area contributed by atoms with Gasteiger partial charge in [-0.15, -0.1) is 22.7 Å². The minimum Gasteiger partial charge on any atom is -0.135 e. The number of thiophene rings is 2. The third kappa shape index (κ3) is 5.76. The van der Waals surface area contributed by atoms with Crippen LogP contribution in [0.2, 0.25) is 0 Å². The van der Waals surface area contributed by atoms with E-state index in [-0.39, 0.29) is 0 Å². The fourth-order valence-corrected chi connectivity index (χ4v) is 13.2. The smallest absolute Gasteiger partial charge is 0.0361 e. The zero-order chi connectivity index (χ0) is 43.3. The van der Waals surface area contributed by atoms with Crippen molar-refractivity contribution in [1.82, 2.24) is 0 Å². The summed E-state index contributed by atoms with van der Waals surface area (Å²) in [6.07, 6.45) is 0. The average molecular weight is 871 g/mol. The molecule has 2 heterocycles. The van der Waals surface area contributed by atoms with Gasteiger partial charge < -0.3 is 0 Å². The molecule has 66 heavy (non-hydrogen) atoms. The van der Waals surface area contributed by atoms with Crippen LogP contribution in [0.5, 0.6) is 0 Å². The van der Waals surface area contributed by atoms with Gasteiger partial charge in [-0.05, 0) is 141 Å². The van der Waals surface area contributed by atoms with Gasteiger partial charge in [0.2, 0.25) is 0 Å². The Morgan fingerprint density at radius 2 is 0.545 bits per heavy atom. The Labute approximate surface area is 389 Å². The lowest BCUT2D eigenvalue weighted by Gasteiger charge is -2.22. The van der Waals surface area contributed by atoms with Gasteiger partial charge in [-0.25, -0.2) is 0 Å². The number of fused-ring (bicyclic) bond motifs is 11. The molecule has 0 radical (unpaired) electrons. The average Bonchev–Trinajstić information content (AvgIpc) is 3.95. The molecular weight excluding hydrogens is 833 g/mol. The van der Waals surface area contributed by atoms with Crippen LogP contribution in [0.25, 0.3) is 139 Å². The lowest BCUT2D eigenvalue weighted by molar-refractivity contribution is 1.60. The van der Waals surface area contributed by atoms with Gasteiger partial charge in [0.25, 0.3) is 0 Å². The molecule has 12 aromatic carbocycles. The third-order valence-corrected chi connectivity index (χ3v) is 16.1. The van der Waals surface area contributed by atoms with Crippen molar-refractivity contribution in [2.75, 3.05) is 0 Å². The second-order valence-corrected chi connectivity index (χ2v) is 19.6. The van der Waals surface area contributed by atoms with Crippen LogP contribution in [-0.2, 0) is 0 Å². The molecule has 0 unspecified atom stereocenters. The van der Waals surface area contributed by atoms with E-state index < -0.39 is 0 Å². The van der Waals surface area contributed by atoms with Crippen molar-refractivity contribution in [2.45, 2.75) is 0 Å². The van der Waals surface area contributed by atoms with Crippen molar-refractivity contribution in [3.8, 4) is 55.6 Å². The molecule has 14 aromatic rings. The first-order valence-corrected chi connectivity index (χ1v) is 24.3. The van der Waals surface area contributed by atoms with Gasteiger partial charge in [-0.1, -0.05) is 188 Å². The summed E-state index contributed by atoms with van der Waals surface area (Å²) < 4.78 is 5.26. The van der Waals surface area contributed by atoms with E-state index >= 15 is 0 Å². The second kappa shape index (κ2) is 14.8. The topological polar surface area (TPSA) is 0 Å². The molecule has 0 saturated heterocycles. The van der Waals surface area contributed by atoms with E-state index in [2.05, 4.69) is 231 Å². The van der Waals surface area contributed by atoms with Crippen molar-refractivity contribution in [1.29, 1.82) is 0 Å². The van der Waals surface area contributed by atoms with E-state index in [1.807, 2.05) is 22.7 Å². The molecule has 0 fully saturated rings. The molecule has 0 aliphatic heterocycles. The van der Waals surface area contributed by atoms with Gasteiger partial charge in [0.05, 0.1) is 0 Å². The Balaban J connectivity index is 1.16. The normalized spacial score (nSPS) is 11.9. The molecule has 0 spiro atoms. The van der Waals surface area contributed by atoms with Crippen LogP contribution in [0.3, 0.4) is 0 Å². The number of benzene rings is 12. The molecule has 14 rings (SSSR count). The van der Waals surface area contributed by atoms with Crippen LogP contribution in [0.15, 0.2) is 231 Å². The van der Waals surface area contributed by atoms with Gasteiger partial charge in [-0.3, -0.25) is 0 Å². The summed E-state index contributed by atoms with van der Waals surface area (Å²) >= 11 is 3.78. The number of hydrogen-bond acceptors (Lipinski definition) is 2. The molecule has 0 bridgehead atoms. The van der Waals surface area contributed by atoms with Gasteiger partial charge in [0, 0.05) is 40.3 Å². The summed E-state index contributed by atoms with van der Waals surface area (Å²) in [5.41, 5.74) is 12.4. The molecule has 0 nitrogen and oxygen atoms in total. The van der Waals surface area contributed by atoms with Gasteiger partial charge >= 0.3 is 0 Å². The highest BCUT2D eigenvalue weighted by Crippen LogP contribution is 2.51. The molecule has 0 amide bonds. The van der Waals surface area contributed by atoms with Crippen molar-refractivity contribution >= 4 is 106 Å². The summed E-state index contributed by atoms with van der Waals surface area (Å²) in [5, 5.41) is 15.3. The number of rotatable bonds is 5. The van der Waals surface area contributed by atoms with E-state index in [4.69, 9.17) is 0 Å². The fraction of sp³-hybridized carbons (Fsp3) is 0. The summed E-state index contributed by atoms with van der Waals surface area (Å²) in [4.78, 5) is 0. The Kier molecular flexibility index (Phi) is 8.43. The first-order chi connectivity index (χ1) is 32.7. The van der Waals surface area contributed by atoms with Crippen molar-refractivity contribution in [3.63, 3.8) is 0 Å². The van der Waals surface area contributed by atoms with E-state index in [0.29, 0.717) is 0 Å². The zero-order valence-electron chi connectivity index (χ0n) is 35.8. The highest BCUT2D eigenvalue weighted by atomic mass is 32.1. The Bertz CT molecular complexity index is 4270. The summed E-state index contributed by atoms with van der Waals surface area (Å²) in [5.74, 6) is 0. The molecule has 0 saturated carbocycles. The molecule has 2 heteroatoms. The lowest BCUT2D eigenvalue weighted by Crippen LogP contribution is -1.95. The minimum absolute atomic E-state index is 1.21.